The molecule has 0 aromatic heterocycles. The van der Waals surface area contributed by atoms with E-state index in [1.807, 2.05) is 0 Å². The van der Waals surface area contributed by atoms with Crippen LogP contribution in [0.25, 0.3) is 0 Å². The molecule has 0 aliphatic heterocycles. The monoisotopic (exact) mass is 1000 g/mol. The van der Waals surface area contributed by atoms with Crippen molar-refractivity contribution in [3.63, 3.8) is 0 Å². The lowest BCUT2D eigenvalue weighted by atomic mass is 10.0. The lowest BCUT2D eigenvalue weighted by Crippen LogP contribution is -2.61. The van der Waals surface area contributed by atoms with Crippen LogP contribution in [0.15, 0.2) is 60.7 Å². The van der Waals surface area contributed by atoms with Gasteiger partial charge in [-0.1, -0.05) is 60.7 Å². The highest BCUT2D eigenvalue weighted by atomic mass is 32.1. The number of hydrogen-bond acceptors (Lipinski definition) is 14. The standard InChI is InChI=1S/C44H67N13O10S2/c1-25(37(61)57-34(23-68)36(46)60)50-42(66)33(22-58)56-39(63)30(17-11-19-49-44(47)48)52-40(64)31(20-27-12-5-3-6-13-27)55-41(65)32(21-28-14-7-4-8-15-28)54-38(62)29(16-9-10-18-45)53-43(67)35(24-69)51-26(2)59/h3-8,12-15,25,29-35,58,68-69H,9-11,16-24,45H2,1-2H3,(H2,46,60)(H,50,66)(H,51,59)(H,52,64)(H,53,67)(H,54,62)(H,55,65)(H,56,63)(H,57,61)(H4,47,48,49)/t25-,29-,30-,31-,32-,33-,34-,35-/m0/s1. The molecule has 9 amide bonds. The number of thiol groups is 2. The Hall–Kier alpha value is -6.44. The van der Waals surface area contributed by atoms with Gasteiger partial charge in [0.1, 0.15) is 48.3 Å². The molecule has 69 heavy (non-hydrogen) atoms. The number of carbonyl (C=O) groups excluding carboxylic acids is 9. The summed E-state index contributed by atoms with van der Waals surface area (Å²) >= 11 is 8.14. The molecule has 8 atom stereocenters. The largest absolute Gasteiger partial charge is 0.394 e. The maximum atomic E-state index is 14.5. The third kappa shape index (κ3) is 22.0. The van der Waals surface area contributed by atoms with E-state index in [2.05, 4.69) is 73.1 Å². The molecular weight excluding hydrogens is 935 g/mol. The van der Waals surface area contributed by atoms with Gasteiger partial charge in [0.25, 0.3) is 0 Å². The number of unbranched alkanes of at least 4 members (excludes halogenated alkanes) is 1. The Bertz CT molecular complexity index is 2040. The van der Waals surface area contributed by atoms with Crippen LogP contribution in [0.4, 0.5) is 0 Å². The zero-order valence-corrected chi connectivity index (χ0v) is 40.4. The zero-order valence-electron chi connectivity index (χ0n) is 38.6. The smallest absolute Gasteiger partial charge is 0.245 e. The second-order valence-electron chi connectivity index (χ2n) is 15.9. The van der Waals surface area contributed by atoms with Gasteiger partial charge in [-0.2, -0.15) is 25.3 Å². The lowest BCUT2D eigenvalue weighted by Gasteiger charge is -2.28. The number of carbonyl (C=O) groups is 9. The Kier molecular flexibility index (Phi) is 26.9. The predicted octanol–water partition coefficient (Wildman–Crippen LogP) is -3.88. The zero-order chi connectivity index (χ0) is 51.5. The number of amides is 9. The number of guanidine groups is 1. The van der Waals surface area contributed by atoms with E-state index in [4.69, 9.17) is 22.6 Å². The molecule has 2 aromatic carbocycles. The molecule has 0 aliphatic carbocycles. The molecule has 25 heteroatoms. The number of aliphatic hydroxyl groups excluding tert-OH is 1. The highest BCUT2D eigenvalue weighted by molar-refractivity contribution is 7.80. The van der Waals surface area contributed by atoms with Crippen LogP contribution in [0.2, 0.25) is 0 Å². The summed E-state index contributed by atoms with van der Waals surface area (Å²) in [7, 11) is 0. The Labute approximate surface area is 411 Å². The Morgan fingerprint density at radius 2 is 0.957 bits per heavy atom. The Morgan fingerprint density at radius 3 is 1.38 bits per heavy atom. The highest BCUT2D eigenvalue weighted by Gasteiger charge is 2.34. The van der Waals surface area contributed by atoms with E-state index in [1.165, 1.54) is 13.8 Å². The van der Waals surface area contributed by atoms with Crippen molar-refractivity contribution in [1.29, 1.82) is 5.41 Å². The molecule has 0 unspecified atom stereocenters. The summed E-state index contributed by atoms with van der Waals surface area (Å²) in [4.78, 5) is 119. The van der Waals surface area contributed by atoms with Crippen molar-refractivity contribution in [3.05, 3.63) is 71.8 Å². The summed E-state index contributed by atoms with van der Waals surface area (Å²) in [5.74, 6) is -7.72. The Morgan fingerprint density at radius 1 is 0.551 bits per heavy atom. The third-order valence-corrected chi connectivity index (χ3v) is 11.0. The molecule has 0 bridgehead atoms. The van der Waals surface area contributed by atoms with Crippen LogP contribution < -0.4 is 65.1 Å². The van der Waals surface area contributed by atoms with Gasteiger partial charge >= 0.3 is 0 Å². The van der Waals surface area contributed by atoms with Crippen molar-refractivity contribution in [2.45, 2.75) is 107 Å². The summed E-state index contributed by atoms with van der Waals surface area (Å²) in [6.45, 7) is 1.98. The van der Waals surface area contributed by atoms with Crippen molar-refractivity contribution in [2.24, 2.45) is 17.2 Å². The average molecular weight is 1000 g/mol. The maximum Gasteiger partial charge on any atom is 0.245 e. The van der Waals surface area contributed by atoms with E-state index in [1.54, 1.807) is 60.7 Å². The fourth-order valence-corrected chi connectivity index (χ4v) is 7.08. The minimum atomic E-state index is -1.64. The number of hydrogen-bond donors (Lipinski definition) is 16. The first-order chi connectivity index (χ1) is 32.8. The molecule has 0 heterocycles. The van der Waals surface area contributed by atoms with Crippen molar-refractivity contribution in [3.8, 4) is 0 Å². The first-order valence-corrected chi connectivity index (χ1v) is 23.5. The van der Waals surface area contributed by atoms with Crippen LogP contribution in [0, 0.1) is 5.41 Å². The molecule has 0 saturated heterocycles. The normalized spacial score (nSPS) is 14.3. The fourth-order valence-electron chi connectivity index (χ4n) is 6.56. The molecule has 23 nitrogen and oxygen atoms in total. The van der Waals surface area contributed by atoms with Gasteiger partial charge in [-0.25, -0.2) is 0 Å². The SMILES string of the molecule is CC(=O)N[C@@H](CS)C(=O)N[C@@H](CCCCN)C(=O)N[C@@H](Cc1ccccc1)C(=O)N[C@@H](Cc1ccccc1)C(=O)N[C@@H](CCCNC(=N)N)C(=O)N[C@@H](CO)C(=O)N[C@@H](C)C(=O)N[C@@H](CS)C(N)=O. The molecular formula is C44H67N13O10S2. The average Bonchev–Trinajstić information content (AvgIpc) is 3.31. The van der Waals surface area contributed by atoms with Gasteiger partial charge in [-0.15, -0.1) is 0 Å². The molecule has 0 saturated carbocycles. The van der Waals surface area contributed by atoms with Gasteiger partial charge in [-0.05, 0) is 56.7 Å². The molecule has 2 aromatic rings. The van der Waals surface area contributed by atoms with Gasteiger partial charge in [0.05, 0.1) is 6.61 Å². The number of nitrogens with one attached hydrogen (secondary N) is 10. The van der Waals surface area contributed by atoms with Gasteiger partial charge in [0, 0.05) is 37.8 Å². The van der Waals surface area contributed by atoms with Crippen molar-refractivity contribution in [1.82, 2.24) is 47.9 Å². The van der Waals surface area contributed by atoms with E-state index in [0.29, 0.717) is 30.5 Å². The number of benzene rings is 2. The second kappa shape index (κ2) is 31.6. The topological polar surface area (TPSA) is 384 Å². The van der Waals surface area contributed by atoms with Crippen LogP contribution in [-0.2, 0) is 56.0 Å². The molecule has 0 fully saturated rings. The highest BCUT2D eigenvalue weighted by Crippen LogP contribution is 2.11. The van der Waals surface area contributed by atoms with Gasteiger partial charge < -0.3 is 70.2 Å². The molecule has 0 spiro atoms. The molecule has 0 radical (unpaired) electrons. The first kappa shape index (κ1) is 58.7. The molecule has 2 rings (SSSR count). The fraction of sp³-hybridized carbons (Fsp3) is 0.500. The van der Waals surface area contributed by atoms with Gasteiger partial charge in [0.15, 0.2) is 5.96 Å². The van der Waals surface area contributed by atoms with Crippen molar-refractivity contribution < 1.29 is 48.3 Å². The van der Waals surface area contributed by atoms with E-state index >= 15 is 0 Å². The van der Waals surface area contributed by atoms with Crippen LogP contribution in [-0.4, -0.2) is 144 Å². The van der Waals surface area contributed by atoms with Crippen LogP contribution in [0.1, 0.15) is 57.1 Å². The minimum absolute atomic E-state index is 0.0628. The maximum absolute atomic E-state index is 14.5. The van der Waals surface area contributed by atoms with Gasteiger partial charge in [0.2, 0.25) is 53.2 Å². The Balaban J connectivity index is 2.48. The van der Waals surface area contributed by atoms with E-state index in [-0.39, 0.29) is 56.1 Å². The van der Waals surface area contributed by atoms with Crippen LogP contribution >= 0.6 is 25.3 Å². The molecule has 0 aliphatic rings. The summed E-state index contributed by atoms with van der Waals surface area (Å²) < 4.78 is 0. The first-order valence-electron chi connectivity index (χ1n) is 22.2. The minimum Gasteiger partial charge on any atom is -0.394 e. The quantitative estimate of drug-likeness (QED) is 0.0149. The number of primary amides is 1. The summed E-state index contributed by atoms with van der Waals surface area (Å²) in [6.07, 6.45) is 0.917. The second-order valence-corrected chi connectivity index (χ2v) is 16.7. The molecule has 17 N–H and O–H groups in total. The summed E-state index contributed by atoms with van der Waals surface area (Å²) in [6, 6.07) is 6.84. The van der Waals surface area contributed by atoms with E-state index in [0.717, 1.165) is 0 Å². The van der Waals surface area contributed by atoms with Crippen LogP contribution in [0.5, 0.6) is 0 Å². The number of aliphatic hydroxyl groups is 1. The number of nitrogens with two attached hydrogens (primary N) is 3. The lowest BCUT2D eigenvalue weighted by molar-refractivity contribution is -0.136. The molecule has 380 valence electrons. The van der Waals surface area contributed by atoms with Crippen LogP contribution in [0.3, 0.4) is 0 Å². The van der Waals surface area contributed by atoms with Crippen molar-refractivity contribution >= 4 is 84.4 Å². The third-order valence-electron chi connectivity index (χ3n) is 10.3. The van der Waals surface area contributed by atoms with Crippen molar-refractivity contribution in [2.75, 3.05) is 31.2 Å². The summed E-state index contributed by atoms with van der Waals surface area (Å²) in [5.41, 5.74) is 17.6. The van der Waals surface area contributed by atoms with E-state index < -0.39 is 108 Å². The summed E-state index contributed by atoms with van der Waals surface area (Å²) in [5, 5.41) is 40.5. The predicted molar refractivity (Wildman–Crippen MR) is 263 cm³/mol. The van der Waals surface area contributed by atoms with Gasteiger partial charge in [-0.3, -0.25) is 48.6 Å². The number of rotatable bonds is 31. The van der Waals surface area contributed by atoms with E-state index in [9.17, 15) is 48.3 Å².